The Balaban J connectivity index is 1.82. The molecule has 1 aromatic carbocycles. The summed E-state index contributed by atoms with van der Waals surface area (Å²) >= 11 is 0. The Labute approximate surface area is 132 Å². The molecule has 2 heterocycles. The second kappa shape index (κ2) is 6.27. The number of nitrogens with zero attached hydrogens (tertiary/aromatic N) is 3. The first kappa shape index (κ1) is 14.7. The van der Waals surface area contributed by atoms with E-state index in [1.807, 2.05) is 31.2 Å². The molecule has 0 unspecified atom stereocenters. The number of aromatic nitrogens is 5. The lowest BCUT2D eigenvalue weighted by molar-refractivity contribution is 0.103. The highest BCUT2D eigenvalue weighted by atomic mass is 16.3. The second-order valence-electron chi connectivity index (χ2n) is 5.16. The Morgan fingerprint density at radius 1 is 1.22 bits per heavy atom. The monoisotopic (exact) mass is 309 g/mol. The van der Waals surface area contributed by atoms with Crippen LogP contribution >= 0.6 is 0 Å². The number of aliphatic hydroxyl groups is 1. The van der Waals surface area contributed by atoms with Gasteiger partial charge in [-0.3, -0.25) is 15.0 Å². The number of rotatable bonds is 5. The van der Waals surface area contributed by atoms with Crippen LogP contribution in [0.4, 0.5) is 0 Å². The summed E-state index contributed by atoms with van der Waals surface area (Å²) in [6, 6.07) is 8.09. The molecular formula is C16H15N5O2. The molecule has 3 N–H and O–H groups in total. The Morgan fingerprint density at radius 3 is 2.70 bits per heavy atom. The van der Waals surface area contributed by atoms with Gasteiger partial charge < -0.3 is 5.11 Å². The van der Waals surface area contributed by atoms with Crippen molar-refractivity contribution in [3.05, 3.63) is 71.1 Å². The number of hydrogen-bond acceptors (Lipinski definition) is 5. The predicted octanol–water partition coefficient (Wildman–Crippen LogP) is 2.21. The van der Waals surface area contributed by atoms with Crippen LogP contribution in [0.25, 0.3) is 5.76 Å². The van der Waals surface area contributed by atoms with Gasteiger partial charge in [-0.05, 0) is 12.5 Å². The molecule has 0 amide bonds. The van der Waals surface area contributed by atoms with Crippen LogP contribution < -0.4 is 0 Å². The van der Waals surface area contributed by atoms with Crippen molar-refractivity contribution < 1.29 is 9.90 Å². The molecule has 0 saturated heterocycles. The van der Waals surface area contributed by atoms with Gasteiger partial charge in [0.05, 0.1) is 6.20 Å². The van der Waals surface area contributed by atoms with Crippen molar-refractivity contribution in [2.75, 3.05) is 0 Å². The molecule has 0 saturated carbocycles. The van der Waals surface area contributed by atoms with E-state index in [0.29, 0.717) is 12.1 Å². The normalized spacial score (nSPS) is 11.6. The summed E-state index contributed by atoms with van der Waals surface area (Å²) in [6.45, 7) is 2.02. The fourth-order valence-electron chi connectivity index (χ4n) is 2.18. The van der Waals surface area contributed by atoms with E-state index in [4.69, 9.17) is 0 Å². The number of aryl methyl sites for hydroxylation is 1. The van der Waals surface area contributed by atoms with Gasteiger partial charge in [-0.2, -0.15) is 10.2 Å². The molecule has 0 atom stereocenters. The summed E-state index contributed by atoms with van der Waals surface area (Å²) in [5.74, 6) is -0.585. The average molecular weight is 309 g/mol. The number of carbonyl (C=O) groups is 1. The van der Waals surface area contributed by atoms with Crippen LogP contribution in [0.3, 0.4) is 0 Å². The molecule has 116 valence electrons. The number of aromatic amines is 2. The molecule has 0 spiro atoms. The first-order valence-corrected chi connectivity index (χ1v) is 7.02. The van der Waals surface area contributed by atoms with Gasteiger partial charge in [0.1, 0.15) is 17.8 Å². The fraction of sp³-hybridized carbons (Fsp3) is 0.125. The summed E-state index contributed by atoms with van der Waals surface area (Å²) in [6.07, 6.45) is 4.56. The van der Waals surface area contributed by atoms with Gasteiger partial charge in [0.2, 0.25) is 5.78 Å². The highest BCUT2D eigenvalue weighted by molar-refractivity contribution is 6.05. The number of aliphatic hydroxyl groups excluding tert-OH is 1. The van der Waals surface area contributed by atoms with Crippen LogP contribution in [0.15, 0.2) is 42.9 Å². The highest BCUT2D eigenvalue weighted by Crippen LogP contribution is 2.18. The molecule has 7 heteroatoms. The second-order valence-corrected chi connectivity index (χ2v) is 5.16. The zero-order chi connectivity index (χ0) is 16.2. The molecule has 0 bridgehead atoms. The number of carbonyl (C=O) groups excluding carboxylic acids is 1. The first-order chi connectivity index (χ1) is 11.1. The molecular weight excluding hydrogens is 294 g/mol. The van der Waals surface area contributed by atoms with Gasteiger partial charge in [0.25, 0.3) is 0 Å². The van der Waals surface area contributed by atoms with Gasteiger partial charge in [-0.15, -0.1) is 0 Å². The SMILES string of the molecule is Cc1ccc(Cc2cn[nH]c2C(O)=CC(=O)c2ncn[nH]2)cc1. The van der Waals surface area contributed by atoms with Crippen LogP contribution in [0.5, 0.6) is 0 Å². The van der Waals surface area contributed by atoms with Crippen LogP contribution in [-0.4, -0.2) is 36.3 Å². The fourth-order valence-corrected chi connectivity index (χ4v) is 2.18. The van der Waals surface area contributed by atoms with Crippen molar-refractivity contribution in [2.24, 2.45) is 0 Å². The number of hydrogen-bond donors (Lipinski definition) is 3. The van der Waals surface area contributed by atoms with E-state index in [2.05, 4.69) is 25.4 Å². The third-order valence-corrected chi connectivity index (χ3v) is 3.41. The molecule has 2 aromatic heterocycles. The number of ketones is 1. The third kappa shape index (κ3) is 3.34. The first-order valence-electron chi connectivity index (χ1n) is 7.02. The van der Waals surface area contributed by atoms with Crippen molar-refractivity contribution >= 4 is 11.5 Å². The van der Waals surface area contributed by atoms with Crippen molar-refractivity contribution in [1.82, 2.24) is 25.4 Å². The molecule has 3 rings (SSSR count). The Morgan fingerprint density at radius 2 is 2.00 bits per heavy atom. The molecule has 23 heavy (non-hydrogen) atoms. The quantitative estimate of drug-likeness (QED) is 0.380. The maximum absolute atomic E-state index is 11.9. The van der Waals surface area contributed by atoms with E-state index in [9.17, 15) is 9.90 Å². The molecule has 0 fully saturated rings. The van der Waals surface area contributed by atoms with Gasteiger partial charge >= 0.3 is 0 Å². The Hall–Kier alpha value is -3.22. The van der Waals surface area contributed by atoms with E-state index in [1.54, 1.807) is 6.20 Å². The number of nitrogens with one attached hydrogen (secondary N) is 2. The van der Waals surface area contributed by atoms with Gasteiger partial charge in [-0.1, -0.05) is 29.8 Å². The van der Waals surface area contributed by atoms with E-state index in [0.717, 1.165) is 17.2 Å². The summed E-state index contributed by atoms with van der Waals surface area (Å²) in [4.78, 5) is 15.7. The minimum atomic E-state index is -0.462. The summed E-state index contributed by atoms with van der Waals surface area (Å²) in [7, 11) is 0. The Kier molecular flexibility index (Phi) is 4.01. The number of H-pyrrole nitrogens is 2. The maximum atomic E-state index is 11.9. The van der Waals surface area contributed by atoms with Gasteiger partial charge in [-0.25, -0.2) is 4.98 Å². The maximum Gasteiger partial charge on any atom is 0.226 e. The molecule has 0 aliphatic carbocycles. The topological polar surface area (TPSA) is 108 Å². The van der Waals surface area contributed by atoms with Gasteiger partial charge in [0.15, 0.2) is 5.82 Å². The van der Waals surface area contributed by atoms with Crippen molar-refractivity contribution in [1.29, 1.82) is 0 Å². The molecule has 0 aliphatic heterocycles. The Bertz CT molecular complexity index is 832. The van der Waals surface area contributed by atoms with Crippen LogP contribution in [0, 0.1) is 6.92 Å². The molecule has 0 radical (unpaired) electrons. The lowest BCUT2D eigenvalue weighted by Crippen LogP contribution is -2.01. The van der Waals surface area contributed by atoms with Crippen molar-refractivity contribution in [3.63, 3.8) is 0 Å². The minimum Gasteiger partial charge on any atom is -0.506 e. The molecule has 7 nitrogen and oxygen atoms in total. The van der Waals surface area contributed by atoms with Crippen molar-refractivity contribution in [3.8, 4) is 0 Å². The zero-order valence-electron chi connectivity index (χ0n) is 12.4. The lowest BCUT2D eigenvalue weighted by Gasteiger charge is -2.03. The predicted molar refractivity (Wildman–Crippen MR) is 83.9 cm³/mol. The lowest BCUT2D eigenvalue weighted by atomic mass is 10.0. The van der Waals surface area contributed by atoms with E-state index >= 15 is 0 Å². The van der Waals surface area contributed by atoms with E-state index < -0.39 is 5.78 Å². The molecule has 3 aromatic rings. The van der Waals surface area contributed by atoms with Crippen LogP contribution in [0.1, 0.15) is 33.0 Å². The third-order valence-electron chi connectivity index (χ3n) is 3.41. The van der Waals surface area contributed by atoms with E-state index in [1.165, 1.54) is 11.9 Å². The number of benzene rings is 1. The molecule has 0 aliphatic rings. The smallest absolute Gasteiger partial charge is 0.226 e. The summed E-state index contributed by atoms with van der Waals surface area (Å²) in [5, 5.41) is 22.9. The standard InChI is InChI=1S/C16H15N5O2/c1-10-2-4-11(5-3-10)6-12-8-18-20-15(12)13(22)7-14(23)16-17-9-19-21-16/h2-5,7-9,22H,6H2,1H3,(H,18,20)(H,17,19,21). The van der Waals surface area contributed by atoms with Crippen LogP contribution in [0.2, 0.25) is 0 Å². The largest absolute Gasteiger partial charge is 0.506 e. The van der Waals surface area contributed by atoms with Crippen molar-refractivity contribution in [2.45, 2.75) is 13.3 Å². The highest BCUT2D eigenvalue weighted by Gasteiger charge is 2.13. The minimum absolute atomic E-state index is 0.0659. The average Bonchev–Trinajstić information content (AvgIpc) is 3.20. The summed E-state index contributed by atoms with van der Waals surface area (Å²) < 4.78 is 0. The zero-order valence-corrected chi connectivity index (χ0v) is 12.4. The van der Waals surface area contributed by atoms with Gasteiger partial charge in [0, 0.05) is 18.1 Å². The van der Waals surface area contributed by atoms with Crippen LogP contribution in [-0.2, 0) is 6.42 Å². The summed E-state index contributed by atoms with van der Waals surface area (Å²) in [5.41, 5.74) is 3.49. The van der Waals surface area contributed by atoms with E-state index in [-0.39, 0.29) is 11.6 Å². The number of allylic oxidation sites excluding steroid dienone is 1.